The molecule has 1 unspecified atom stereocenters. The highest BCUT2D eigenvalue weighted by molar-refractivity contribution is 5.90. The van der Waals surface area contributed by atoms with Crippen LogP contribution in [0, 0.1) is 18.3 Å². The van der Waals surface area contributed by atoms with Gasteiger partial charge >= 0.3 is 5.97 Å². The van der Waals surface area contributed by atoms with Gasteiger partial charge in [0.05, 0.1) is 0 Å². The lowest BCUT2D eigenvalue weighted by Gasteiger charge is -2.30. The number of aromatic amines is 1. The first-order valence-corrected chi connectivity index (χ1v) is 7.09. The summed E-state index contributed by atoms with van der Waals surface area (Å²) in [7, 11) is 0. The minimum Gasteiger partial charge on any atom is -0.481 e. The first kappa shape index (κ1) is 17.1. The number of carboxylic acids is 1. The van der Waals surface area contributed by atoms with E-state index < -0.39 is 5.97 Å². The van der Waals surface area contributed by atoms with Crippen LogP contribution in [-0.4, -0.2) is 38.7 Å². The van der Waals surface area contributed by atoms with Crippen molar-refractivity contribution >= 4 is 11.9 Å². The number of aliphatic carboxylic acids is 1. The summed E-state index contributed by atoms with van der Waals surface area (Å²) in [6, 6.07) is 0. The number of aryl methyl sites for hydroxylation is 1. The van der Waals surface area contributed by atoms with Crippen LogP contribution in [0.15, 0.2) is 0 Å². The van der Waals surface area contributed by atoms with E-state index in [2.05, 4.69) is 41.3 Å². The Morgan fingerprint density at radius 2 is 2.00 bits per heavy atom. The standard InChI is InChI=1S/C14H24N4O3/c1-9-16-12(18-17-9)13(21)15-8-7-10(14(2,3)4)5-6-11(19)20/h10H,5-8H2,1-4H3,(H,15,21)(H,19,20)(H,16,17,18). The van der Waals surface area contributed by atoms with E-state index in [1.807, 2.05) is 0 Å². The van der Waals surface area contributed by atoms with Crippen LogP contribution in [0.2, 0.25) is 0 Å². The molecule has 0 aliphatic heterocycles. The molecule has 0 radical (unpaired) electrons. The number of aromatic nitrogens is 3. The van der Waals surface area contributed by atoms with E-state index in [1.54, 1.807) is 6.92 Å². The van der Waals surface area contributed by atoms with Gasteiger partial charge in [-0.1, -0.05) is 20.8 Å². The number of nitrogens with one attached hydrogen (secondary N) is 2. The summed E-state index contributed by atoms with van der Waals surface area (Å²) >= 11 is 0. The predicted molar refractivity (Wildman–Crippen MR) is 77.9 cm³/mol. The van der Waals surface area contributed by atoms with Crippen LogP contribution in [0.5, 0.6) is 0 Å². The number of carbonyl (C=O) groups is 2. The largest absolute Gasteiger partial charge is 0.481 e. The zero-order valence-corrected chi connectivity index (χ0v) is 13.1. The van der Waals surface area contributed by atoms with E-state index in [4.69, 9.17) is 5.11 Å². The minimum absolute atomic E-state index is 0.00134. The molecule has 1 amide bonds. The number of amides is 1. The summed E-state index contributed by atoms with van der Waals surface area (Å²) in [5.74, 6) is -0.156. The third-order valence-electron chi connectivity index (χ3n) is 3.51. The molecule has 0 saturated carbocycles. The van der Waals surface area contributed by atoms with E-state index in [9.17, 15) is 9.59 Å². The molecule has 0 aliphatic rings. The van der Waals surface area contributed by atoms with Gasteiger partial charge in [-0.3, -0.25) is 14.7 Å². The number of carboxylic acid groups (broad SMARTS) is 1. The third kappa shape index (κ3) is 5.93. The Morgan fingerprint density at radius 1 is 1.33 bits per heavy atom. The molecule has 1 aromatic heterocycles. The molecule has 0 saturated heterocycles. The van der Waals surface area contributed by atoms with Crippen molar-refractivity contribution in [2.24, 2.45) is 11.3 Å². The highest BCUT2D eigenvalue weighted by Gasteiger charge is 2.25. The molecular weight excluding hydrogens is 272 g/mol. The van der Waals surface area contributed by atoms with Crippen molar-refractivity contribution in [1.82, 2.24) is 20.5 Å². The zero-order chi connectivity index (χ0) is 16.0. The van der Waals surface area contributed by atoms with Crippen LogP contribution in [-0.2, 0) is 4.79 Å². The highest BCUT2D eigenvalue weighted by atomic mass is 16.4. The van der Waals surface area contributed by atoms with Crippen molar-refractivity contribution in [2.45, 2.75) is 47.0 Å². The molecule has 21 heavy (non-hydrogen) atoms. The van der Waals surface area contributed by atoms with Crippen LogP contribution in [0.1, 0.15) is 56.5 Å². The summed E-state index contributed by atoms with van der Waals surface area (Å²) in [6.45, 7) is 8.46. The first-order chi connectivity index (χ1) is 9.70. The summed E-state index contributed by atoms with van der Waals surface area (Å²) in [5, 5.41) is 18.0. The summed E-state index contributed by atoms with van der Waals surface area (Å²) < 4.78 is 0. The van der Waals surface area contributed by atoms with Crippen molar-refractivity contribution in [3.8, 4) is 0 Å². The molecule has 7 heteroatoms. The summed E-state index contributed by atoms with van der Waals surface area (Å²) in [4.78, 5) is 26.5. The fourth-order valence-corrected chi connectivity index (χ4v) is 2.19. The average molecular weight is 296 g/mol. The van der Waals surface area contributed by atoms with Gasteiger partial charge in [-0.2, -0.15) is 0 Å². The van der Waals surface area contributed by atoms with Gasteiger partial charge in [0.25, 0.3) is 5.91 Å². The Hall–Kier alpha value is -1.92. The number of H-pyrrole nitrogens is 1. The maximum Gasteiger partial charge on any atom is 0.303 e. The number of nitrogens with zero attached hydrogens (tertiary/aromatic N) is 2. The second-order valence-corrected chi connectivity index (χ2v) is 6.28. The lowest BCUT2D eigenvalue weighted by molar-refractivity contribution is -0.137. The molecule has 0 bridgehead atoms. The Morgan fingerprint density at radius 3 is 2.48 bits per heavy atom. The van der Waals surface area contributed by atoms with Gasteiger partial charge in [-0.05, 0) is 31.1 Å². The molecule has 118 valence electrons. The lowest BCUT2D eigenvalue weighted by Crippen LogP contribution is -2.30. The fraction of sp³-hybridized carbons (Fsp3) is 0.714. The Balaban J connectivity index is 2.46. The van der Waals surface area contributed by atoms with E-state index in [0.29, 0.717) is 18.8 Å². The Bertz CT molecular complexity index is 491. The first-order valence-electron chi connectivity index (χ1n) is 7.09. The smallest absolute Gasteiger partial charge is 0.303 e. The van der Waals surface area contributed by atoms with Crippen LogP contribution in [0.3, 0.4) is 0 Å². The summed E-state index contributed by atoms with van der Waals surface area (Å²) in [6.07, 6.45) is 1.48. The van der Waals surface area contributed by atoms with Gasteiger partial charge in [-0.25, -0.2) is 4.98 Å². The van der Waals surface area contributed by atoms with Gasteiger partial charge < -0.3 is 10.4 Å². The van der Waals surface area contributed by atoms with Gasteiger partial charge in [0, 0.05) is 13.0 Å². The molecule has 0 spiro atoms. The van der Waals surface area contributed by atoms with Crippen LogP contribution >= 0.6 is 0 Å². The number of hydrogen-bond donors (Lipinski definition) is 3. The van der Waals surface area contributed by atoms with Crippen LogP contribution in [0.4, 0.5) is 0 Å². The molecule has 0 aliphatic carbocycles. The fourth-order valence-electron chi connectivity index (χ4n) is 2.19. The molecule has 0 fully saturated rings. The number of rotatable bonds is 7. The molecule has 1 heterocycles. The highest BCUT2D eigenvalue weighted by Crippen LogP contribution is 2.32. The molecular formula is C14H24N4O3. The predicted octanol–water partition coefficient (Wildman–Crippen LogP) is 1.76. The maximum absolute atomic E-state index is 11.8. The van der Waals surface area contributed by atoms with E-state index in [1.165, 1.54) is 0 Å². The quantitative estimate of drug-likeness (QED) is 0.710. The summed E-state index contributed by atoms with van der Waals surface area (Å²) in [5.41, 5.74) is 0.00134. The second kappa shape index (κ2) is 7.19. The molecule has 1 atom stereocenters. The minimum atomic E-state index is -0.788. The monoisotopic (exact) mass is 296 g/mol. The van der Waals surface area contributed by atoms with Gasteiger partial charge in [0.2, 0.25) is 5.82 Å². The third-order valence-corrected chi connectivity index (χ3v) is 3.51. The Kier molecular flexibility index (Phi) is 5.87. The molecule has 1 aromatic rings. The molecule has 0 aromatic carbocycles. The average Bonchev–Trinajstić information content (AvgIpc) is 2.78. The molecule has 3 N–H and O–H groups in total. The van der Waals surface area contributed by atoms with Crippen molar-refractivity contribution in [3.63, 3.8) is 0 Å². The molecule has 1 rings (SSSR count). The van der Waals surface area contributed by atoms with Gasteiger partial charge in [0.1, 0.15) is 5.82 Å². The van der Waals surface area contributed by atoms with Crippen molar-refractivity contribution in [3.05, 3.63) is 11.6 Å². The Labute approximate surface area is 124 Å². The van der Waals surface area contributed by atoms with Crippen LogP contribution in [0.25, 0.3) is 0 Å². The van der Waals surface area contributed by atoms with Gasteiger partial charge in [0.15, 0.2) is 0 Å². The van der Waals surface area contributed by atoms with Crippen LogP contribution < -0.4 is 5.32 Å². The second-order valence-electron chi connectivity index (χ2n) is 6.28. The maximum atomic E-state index is 11.8. The van der Waals surface area contributed by atoms with Crippen molar-refractivity contribution < 1.29 is 14.7 Å². The number of carbonyl (C=O) groups excluding carboxylic acids is 1. The SMILES string of the molecule is Cc1nc(C(=O)NCCC(CCC(=O)O)C(C)(C)C)n[nH]1. The van der Waals surface area contributed by atoms with E-state index in [-0.39, 0.29) is 29.5 Å². The van der Waals surface area contributed by atoms with Crippen molar-refractivity contribution in [2.75, 3.05) is 6.54 Å². The lowest BCUT2D eigenvalue weighted by atomic mass is 9.76. The van der Waals surface area contributed by atoms with E-state index in [0.717, 1.165) is 6.42 Å². The normalized spacial score (nSPS) is 13.0. The van der Waals surface area contributed by atoms with Crippen molar-refractivity contribution in [1.29, 1.82) is 0 Å². The number of hydrogen-bond acceptors (Lipinski definition) is 4. The van der Waals surface area contributed by atoms with Gasteiger partial charge in [-0.15, -0.1) is 5.10 Å². The topological polar surface area (TPSA) is 108 Å². The zero-order valence-electron chi connectivity index (χ0n) is 13.1. The van der Waals surface area contributed by atoms with E-state index >= 15 is 0 Å². The molecule has 7 nitrogen and oxygen atoms in total.